The molecule has 0 bridgehead atoms. The van der Waals surface area contributed by atoms with Crippen LogP contribution in [0.15, 0.2) is 6.20 Å². The number of piperidine rings is 1. The van der Waals surface area contributed by atoms with Gasteiger partial charge in [0.15, 0.2) is 0 Å². The van der Waals surface area contributed by atoms with Crippen molar-refractivity contribution in [3.8, 4) is 6.07 Å². The molecule has 1 atom stereocenters. The molecule has 2 aromatic heterocycles. The average Bonchev–Trinajstić information content (AvgIpc) is 2.99. The molecule has 4 N–H and O–H groups in total. The summed E-state index contributed by atoms with van der Waals surface area (Å²) in [7, 11) is 1.63. The van der Waals surface area contributed by atoms with Gasteiger partial charge in [0.25, 0.3) is 0 Å². The van der Waals surface area contributed by atoms with Gasteiger partial charge in [-0.05, 0) is 38.6 Å². The molecule has 2 aliphatic rings. The molecule has 4 rings (SSSR count). The molecular formula is C21H30ClN7O2. The molecule has 3 heterocycles. The summed E-state index contributed by atoms with van der Waals surface area (Å²) in [5.74, 6) is 0.208. The van der Waals surface area contributed by atoms with Crippen molar-refractivity contribution in [2.24, 2.45) is 0 Å². The van der Waals surface area contributed by atoms with E-state index in [0.717, 1.165) is 44.3 Å². The molecule has 1 amide bonds. The Bertz CT molecular complexity index is 975. The van der Waals surface area contributed by atoms with Crippen molar-refractivity contribution in [1.82, 2.24) is 24.8 Å². The zero-order valence-electron chi connectivity index (χ0n) is 18.1. The summed E-state index contributed by atoms with van der Waals surface area (Å²) in [5.41, 5.74) is 7.74. The highest BCUT2D eigenvalue weighted by Crippen LogP contribution is 2.49. The number of aliphatic hydroxyl groups excluding tert-OH is 1. The molecule has 1 unspecified atom stereocenters. The lowest BCUT2D eigenvalue weighted by atomic mass is 9.64. The highest BCUT2D eigenvalue weighted by Gasteiger charge is 2.42. The first-order valence-corrected chi connectivity index (χ1v) is 11.1. The van der Waals surface area contributed by atoms with E-state index in [9.17, 15) is 15.2 Å². The standard InChI is InChI=1S/C13H14ClN5.C8H16N2O2/c1-2-13(4-3-5-13)11-8(6-15)10(14)9-7-17-12(16)18-19(9)11;1-9-8(12)6-10-4-2-3-7(11)5-10/h7H,2-5H2,1H3,(H2,16,18);7,11H,2-6H2,1H3,(H,9,12). The molecule has 0 radical (unpaired) electrons. The molecule has 1 aliphatic carbocycles. The van der Waals surface area contributed by atoms with Gasteiger partial charge in [0.1, 0.15) is 11.6 Å². The number of nitrogens with two attached hydrogens (primary N) is 1. The third-order valence-corrected chi connectivity index (χ3v) is 6.75. The number of β-amino-alcohol motifs (C(OH)–C–C–N with tert-alkyl or cyclic N) is 1. The van der Waals surface area contributed by atoms with Crippen molar-refractivity contribution in [3.63, 3.8) is 0 Å². The number of aromatic nitrogens is 3. The number of rotatable bonds is 4. The number of hydrogen-bond donors (Lipinski definition) is 3. The Labute approximate surface area is 187 Å². The number of halogens is 1. The Kier molecular flexibility index (Phi) is 7.36. The summed E-state index contributed by atoms with van der Waals surface area (Å²) >= 11 is 6.29. The second-order valence-corrected chi connectivity index (χ2v) is 8.63. The van der Waals surface area contributed by atoms with Crippen LogP contribution in [0.1, 0.15) is 56.7 Å². The fourth-order valence-electron chi connectivity index (χ4n) is 4.43. The number of nitriles is 1. The predicted molar refractivity (Wildman–Crippen MR) is 119 cm³/mol. The summed E-state index contributed by atoms with van der Waals surface area (Å²) in [6.07, 6.45) is 7.44. The maximum Gasteiger partial charge on any atom is 0.238 e. The van der Waals surface area contributed by atoms with E-state index in [1.54, 1.807) is 17.8 Å². The predicted octanol–water partition coefficient (Wildman–Crippen LogP) is 1.86. The largest absolute Gasteiger partial charge is 0.392 e. The molecule has 31 heavy (non-hydrogen) atoms. The van der Waals surface area contributed by atoms with Crippen molar-refractivity contribution in [2.45, 2.75) is 57.0 Å². The monoisotopic (exact) mass is 447 g/mol. The Hall–Kier alpha value is -2.41. The summed E-state index contributed by atoms with van der Waals surface area (Å²) in [4.78, 5) is 16.9. The van der Waals surface area contributed by atoms with E-state index in [0.29, 0.717) is 29.2 Å². The third-order valence-electron chi connectivity index (χ3n) is 6.37. The minimum Gasteiger partial charge on any atom is -0.392 e. The molecule has 0 spiro atoms. The average molecular weight is 448 g/mol. The van der Waals surface area contributed by atoms with Gasteiger partial charge in [-0.1, -0.05) is 24.9 Å². The Balaban J connectivity index is 0.000000196. The molecule has 1 saturated heterocycles. The zero-order chi connectivity index (χ0) is 22.6. The van der Waals surface area contributed by atoms with Crippen LogP contribution < -0.4 is 11.1 Å². The van der Waals surface area contributed by atoms with Crippen LogP contribution in [0.4, 0.5) is 5.95 Å². The van der Waals surface area contributed by atoms with Gasteiger partial charge in [-0.15, -0.1) is 5.10 Å². The lowest BCUT2D eigenvalue weighted by Gasteiger charge is -2.41. The lowest BCUT2D eigenvalue weighted by molar-refractivity contribution is -0.122. The number of aliphatic hydroxyl groups is 1. The third kappa shape index (κ3) is 4.76. The number of likely N-dealkylation sites (tertiary alicyclic amines) is 1. The first-order chi connectivity index (χ1) is 14.8. The smallest absolute Gasteiger partial charge is 0.238 e. The number of amides is 1. The minimum atomic E-state index is -0.247. The number of carbonyl (C=O) groups is 1. The molecule has 1 saturated carbocycles. The maximum atomic E-state index is 11.0. The maximum absolute atomic E-state index is 11.0. The van der Waals surface area contributed by atoms with Gasteiger partial charge in [-0.3, -0.25) is 9.69 Å². The van der Waals surface area contributed by atoms with E-state index in [-0.39, 0.29) is 23.4 Å². The quantitative estimate of drug-likeness (QED) is 0.651. The number of hydrogen-bond acceptors (Lipinski definition) is 7. The molecule has 0 aromatic carbocycles. The van der Waals surface area contributed by atoms with Crippen LogP contribution in [0.5, 0.6) is 0 Å². The molecular weight excluding hydrogens is 418 g/mol. The van der Waals surface area contributed by atoms with Crippen LogP contribution in [0.25, 0.3) is 5.52 Å². The van der Waals surface area contributed by atoms with Crippen LogP contribution in [0.2, 0.25) is 5.02 Å². The molecule has 2 aromatic rings. The fraction of sp³-hybridized carbons (Fsp3) is 0.619. The van der Waals surface area contributed by atoms with Gasteiger partial charge < -0.3 is 16.2 Å². The topological polar surface area (TPSA) is 133 Å². The molecule has 9 nitrogen and oxygen atoms in total. The number of nitrogen functional groups attached to an aromatic ring is 1. The second-order valence-electron chi connectivity index (χ2n) is 8.25. The van der Waals surface area contributed by atoms with Gasteiger partial charge in [0.2, 0.25) is 11.9 Å². The van der Waals surface area contributed by atoms with E-state index in [2.05, 4.69) is 28.4 Å². The number of fused-ring (bicyclic) bond motifs is 1. The number of nitrogens with one attached hydrogen (secondary N) is 1. The highest BCUT2D eigenvalue weighted by atomic mass is 35.5. The second kappa shape index (κ2) is 9.81. The first kappa shape index (κ1) is 23.3. The molecule has 1 aliphatic heterocycles. The van der Waals surface area contributed by atoms with Gasteiger partial charge >= 0.3 is 0 Å². The highest BCUT2D eigenvalue weighted by molar-refractivity contribution is 6.35. The van der Waals surface area contributed by atoms with Crippen LogP contribution in [0.3, 0.4) is 0 Å². The number of likely N-dealkylation sites (N-methyl/N-ethyl adjacent to an activating group) is 1. The number of nitrogens with zero attached hydrogens (tertiary/aromatic N) is 5. The van der Waals surface area contributed by atoms with Gasteiger partial charge in [-0.25, -0.2) is 9.50 Å². The van der Waals surface area contributed by atoms with Crippen molar-refractivity contribution in [2.75, 3.05) is 32.4 Å². The van der Waals surface area contributed by atoms with Crippen molar-refractivity contribution >= 4 is 29.0 Å². The zero-order valence-corrected chi connectivity index (χ0v) is 18.8. The number of anilines is 1. The van der Waals surface area contributed by atoms with Crippen molar-refractivity contribution in [1.29, 1.82) is 5.26 Å². The van der Waals surface area contributed by atoms with E-state index < -0.39 is 0 Å². The summed E-state index contributed by atoms with van der Waals surface area (Å²) in [5, 5.41) is 26.0. The van der Waals surface area contributed by atoms with E-state index >= 15 is 0 Å². The van der Waals surface area contributed by atoms with Gasteiger partial charge in [-0.2, -0.15) is 5.26 Å². The SMILES string of the molecule is CCC1(c2c(C#N)c(Cl)c3cnc(N)nn23)CCC1.CNC(=O)CN1CCCC(O)C1. The summed E-state index contributed by atoms with van der Waals surface area (Å²) < 4.78 is 1.71. The van der Waals surface area contributed by atoms with E-state index in [1.165, 1.54) is 6.42 Å². The Morgan fingerprint density at radius 2 is 2.23 bits per heavy atom. The number of carbonyl (C=O) groups excluding carboxylic acids is 1. The molecule has 2 fully saturated rings. The molecule has 168 valence electrons. The van der Waals surface area contributed by atoms with Crippen LogP contribution in [-0.4, -0.2) is 63.3 Å². The van der Waals surface area contributed by atoms with Crippen molar-refractivity contribution in [3.05, 3.63) is 22.5 Å². The van der Waals surface area contributed by atoms with Crippen LogP contribution in [0, 0.1) is 11.3 Å². The van der Waals surface area contributed by atoms with E-state index in [4.69, 9.17) is 17.3 Å². The van der Waals surface area contributed by atoms with Crippen LogP contribution in [-0.2, 0) is 10.2 Å². The molecule has 10 heteroatoms. The van der Waals surface area contributed by atoms with E-state index in [1.807, 2.05) is 4.90 Å². The fourth-order valence-corrected chi connectivity index (χ4v) is 4.69. The minimum absolute atomic E-state index is 0.00190. The van der Waals surface area contributed by atoms with Gasteiger partial charge in [0, 0.05) is 19.0 Å². The van der Waals surface area contributed by atoms with Crippen LogP contribution >= 0.6 is 11.6 Å². The van der Waals surface area contributed by atoms with Crippen molar-refractivity contribution < 1.29 is 9.90 Å². The summed E-state index contributed by atoms with van der Waals surface area (Å²) in [6.45, 7) is 4.10. The normalized spacial score (nSPS) is 20.3. The Morgan fingerprint density at radius 3 is 2.77 bits per heavy atom. The van der Waals surface area contributed by atoms with Gasteiger partial charge in [0.05, 0.1) is 35.1 Å². The first-order valence-electron chi connectivity index (χ1n) is 10.7. The summed E-state index contributed by atoms with van der Waals surface area (Å²) in [6, 6.07) is 2.22. The lowest BCUT2D eigenvalue weighted by Crippen LogP contribution is -2.43. The Morgan fingerprint density at radius 1 is 1.48 bits per heavy atom.